The van der Waals surface area contributed by atoms with Crippen molar-refractivity contribution in [3.63, 3.8) is 0 Å². The van der Waals surface area contributed by atoms with E-state index in [4.69, 9.17) is 14.2 Å². The standard InChI is InChI=1S/C24H23NO5S/c1-3-29-24(27)22-20(18-7-5-4-6-8-18)15-31-23(22)25-21(26)14-11-17-9-12-19(13-10-17)30-16-28-2/h4-15H,3,16H2,1-2H3,(H,25,26)/b14-11+. The van der Waals surface area contributed by atoms with Crippen molar-refractivity contribution in [2.45, 2.75) is 6.92 Å². The van der Waals surface area contributed by atoms with Crippen LogP contribution in [0.2, 0.25) is 0 Å². The van der Waals surface area contributed by atoms with Gasteiger partial charge in [0.25, 0.3) is 0 Å². The summed E-state index contributed by atoms with van der Waals surface area (Å²) in [5.41, 5.74) is 2.81. The fourth-order valence-corrected chi connectivity index (χ4v) is 3.77. The van der Waals surface area contributed by atoms with E-state index < -0.39 is 5.97 Å². The van der Waals surface area contributed by atoms with E-state index in [-0.39, 0.29) is 19.3 Å². The molecule has 1 amide bonds. The Bertz CT molecular complexity index is 1040. The molecule has 160 valence electrons. The summed E-state index contributed by atoms with van der Waals surface area (Å²) in [6.07, 6.45) is 3.10. The number of anilines is 1. The zero-order valence-corrected chi connectivity index (χ0v) is 18.1. The lowest BCUT2D eigenvalue weighted by molar-refractivity contribution is -0.111. The van der Waals surface area contributed by atoms with Crippen molar-refractivity contribution < 1.29 is 23.8 Å². The molecule has 7 heteroatoms. The Labute approximate surface area is 185 Å². The molecule has 0 radical (unpaired) electrons. The van der Waals surface area contributed by atoms with Crippen molar-refractivity contribution in [1.29, 1.82) is 0 Å². The lowest BCUT2D eigenvalue weighted by Gasteiger charge is -2.08. The summed E-state index contributed by atoms with van der Waals surface area (Å²) in [5, 5.41) is 5.10. The molecule has 2 aromatic carbocycles. The monoisotopic (exact) mass is 437 g/mol. The van der Waals surface area contributed by atoms with E-state index in [1.165, 1.54) is 17.4 Å². The quantitative estimate of drug-likeness (QED) is 0.282. The van der Waals surface area contributed by atoms with Gasteiger partial charge < -0.3 is 19.5 Å². The number of amides is 1. The van der Waals surface area contributed by atoms with Crippen LogP contribution in [-0.4, -0.2) is 32.4 Å². The van der Waals surface area contributed by atoms with Gasteiger partial charge in [0.05, 0.1) is 6.61 Å². The summed E-state index contributed by atoms with van der Waals surface area (Å²) in [6.45, 7) is 2.17. The van der Waals surface area contributed by atoms with Gasteiger partial charge in [-0.3, -0.25) is 4.79 Å². The second kappa shape index (κ2) is 11.1. The van der Waals surface area contributed by atoms with Crippen molar-refractivity contribution in [3.8, 4) is 16.9 Å². The molecular weight excluding hydrogens is 414 g/mol. The van der Waals surface area contributed by atoms with Crippen molar-refractivity contribution in [2.24, 2.45) is 0 Å². The molecule has 0 fully saturated rings. The maximum absolute atomic E-state index is 12.6. The normalized spacial score (nSPS) is 10.8. The fraction of sp³-hybridized carbons (Fsp3) is 0.167. The second-order valence-corrected chi connectivity index (χ2v) is 7.26. The average Bonchev–Trinajstić information content (AvgIpc) is 3.21. The summed E-state index contributed by atoms with van der Waals surface area (Å²) >= 11 is 1.29. The van der Waals surface area contributed by atoms with Gasteiger partial charge in [-0.05, 0) is 36.3 Å². The molecule has 1 aromatic heterocycles. The van der Waals surface area contributed by atoms with Crippen LogP contribution in [0, 0.1) is 0 Å². The highest BCUT2D eigenvalue weighted by Gasteiger charge is 2.22. The van der Waals surface area contributed by atoms with E-state index >= 15 is 0 Å². The zero-order chi connectivity index (χ0) is 22.1. The van der Waals surface area contributed by atoms with Gasteiger partial charge in [0.15, 0.2) is 6.79 Å². The highest BCUT2D eigenvalue weighted by molar-refractivity contribution is 7.15. The van der Waals surface area contributed by atoms with Gasteiger partial charge in [-0.2, -0.15) is 0 Å². The summed E-state index contributed by atoms with van der Waals surface area (Å²) in [7, 11) is 1.56. The van der Waals surface area contributed by atoms with Crippen molar-refractivity contribution in [2.75, 3.05) is 25.8 Å². The van der Waals surface area contributed by atoms with Crippen LogP contribution in [0.15, 0.2) is 66.1 Å². The van der Waals surface area contributed by atoms with E-state index in [1.807, 2.05) is 47.8 Å². The maximum Gasteiger partial charge on any atom is 0.341 e. The lowest BCUT2D eigenvalue weighted by atomic mass is 10.0. The van der Waals surface area contributed by atoms with Crippen LogP contribution in [0.25, 0.3) is 17.2 Å². The Morgan fingerprint density at radius 1 is 1.06 bits per heavy atom. The predicted octanol–water partition coefficient (Wildman–Crippen LogP) is 5.23. The SMILES string of the molecule is CCOC(=O)c1c(-c2ccccc2)csc1NC(=O)/C=C/c1ccc(OCOC)cc1. The Hall–Kier alpha value is -3.42. The molecule has 0 saturated heterocycles. The van der Waals surface area contributed by atoms with Gasteiger partial charge in [0, 0.05) is 24.1 Å². The first-order chi connectivity index (χ1) is 15.1. The third-order valence-electron chi connectivity index (χ3n) is 4.24. The van der Waals surface area contributed by atoms with Gasteiger partial charge >= 0.3 is 5.97 Å². The van der Waals surface area contributed by atoms with Crippen molar-refractivity contribution >= 4 is 34.3 Å². The molecule has 1 N–H and O–H groups in total. The molecule has 3 aromatic rings. The third-order valence-corrected chi connectivity index (χ3v) is 5.14. The first-order valence-corrected chi connectivity index (χ1v) is 10.5. The molecule has 0 saturated carbocycles. The molecule has 6 nitrogen and oxygen atoms in total. The van der Waals surface area contributed by atoms with Crippen molar-refractivity contribution in [3.05, 3.63) is 77.2 Å². The first kappa shape index (κ1) is 22.3. The summed E-state index contributed by atoms with van der Waals surface area (Å²) < 4.78 is 15.4. The molecule has 0 aliphatic carbocycles. The van der Waals surface area contributed by atoms with Crippen LogP contribution in [0.1, 0.15) is 22.8 Å². The van der Waals surface area contributed by atoms with Gasteiger partial charge in [-0.15, -0.1) is 11.3 Å². The van der Waals surface area contributed by atoms with Gasteiger partial charge in [-0.25, -0.2) is 4.79 Å². The number of nitrogens with one attached hydrogen (secondary N) is 1. The minimum atomic E-state index is -0.464. The maximum atomic E-state index is 12.6. The summed E-state index contributed by atoms with van der Waals surface area (Å²) in [4.78, 5) is 25.1. The largest absolute Gasteiger partial charge is 0.468 e. The molecule has 0 unspecified atom stereocenters. The number of rotatable bonds is 9. The third kappa shape index (κ3) is 6.04. The lowest BCUT2D eigenvalue weighted by Crippen LogP contribution is -2.12. The first-order valence-electron chi connectivity index (χ1n) is 9.67. The predicted molar refractivity (Wildman–Crippen MR) is 122 cm³/mol. The smallest absolute Gasteiger partial charge is 0.341 e. The number of hydrogen-bond acceptors (Lipinski definition) is 6. The number of esters is 1. The minimum Gasteiger partial charge on any atom is -0.468 e. The number of hydrogen-bond donors (Lipinski definition) is 1. The molecule has 0 atom stereocenters. The van der Waals surface area contributed by atoms with E-state index in [1.54, 1.807) is 32.2 Å². The highest BCUT2D eigenvalue weighted by Crippen LogP contribution is 2.36. The molecule has 1 heterocycles. The number of thiophene rings is 1. The Kier molecular flexibility index (Phi) is 7.98. The topological polar surface area (TPSA) is 73.9 Å². The molecule has 0 aliphatic rings. The van der Waals surface area contributed by atoms with Crippen LogP contribution in [0.5, 0.6) is 5.75 Å². The number of benzene rings is 2. The van der Waals surface area contributed by atoms with Crippen LogP contribution in [0.4, 0.5) is 5.00 Å². The number of methoxy groups -OCH3 is 1. The molecule has 0 spiro atoms. The molecule has 3 rings (SSSR count). The summed E-state index contributed by atoms with van der Waals surface area (Å²) in [5.74, 6) is -0.130. The molecule has 31 heavy (non-hydrogen) atoms. The number of ether oxygens (including phenoxy) is 3. The van der Waals surface area contributed by atoms with Gasteiger partial charge in [0.2, 0.25) is 5.91 Å². The zero-order valence-electron chi connectivity index (χ0n) is 17.3. The van der Waals surface area contributed by atoms with E-state index in [2.05, 4.69) is 5.32 Å². The van der Waals surface area contributed by atoms with Crippen LogP contribution in [-0.2, 0) is 14.3 Å². The number of carbonyl (C=O) groups excluding carboxylic acids is 2. The van der Waals surface area contributed by atoms with Crippen LogP contribution < -0.4 is 10.1 Å². The second-order valence-electron chi connectivity index (χ2n) is 6.38. The van der Waals surface area contributed by atoms with Gasteiger partial charge in [-0.1, -0.05) is 42.5 Å². The molecule has 0 aliphatic heterocycles. The van der Waals surface area contributed by atoms with E-state index in [9.17, 15) is 9.59 Å². The average molecular weight is 438 g/mol. The Morgan fingerprint density at radius 3 is 2.48 bits per heavy atom. The Morgan fingerprint density at radius 2 is 1.81 bits per heavy atom. The molecule has 0 bridgehead atoms. The van der Waals surface area contributed by atoms with Crippen LogP contribution >= 0.6 is 11.3 Å². The Balaban J connectivity index is 1.75. The number of carbonyl (C=O) groups is 2. The fourth-order valence-electron chi connectivity index (χ4n) is 2.81. The minimum absolute atomic E-state index is 0.173. The highest BCUT2D eigenvalue weighted by atomic mass is 32.1. The van der Waals surface area contributed by atoms with E-state index in [0.29, 0.717) is 16.3 Å². The van der Waals surface area contributed by atoms with Crippen molar-refractivity contribution in [1.82, 2.24) is 0 Å². The molecular formula is C24H23NO5S. The summed E-state index contributed by atoms with van der Waals surface area (Å²) in [6, 6.07) is 16.8. The van der Waals surface area contributed by atoms with E-state index in [0.717, 1.165) is 16.7 Å². The van der Waals surface area contributed by atoms with Crippen LogP contribution in [0.3, 0.4) is 0 Å². The van der Waals surface area contributed by atoms with Gasteiger partial charge in [0.1, 0.15) is 16.3 Å².